The smallest absolute Gasteiger partial charge is 0.422 e. The number of hydrogen-bond acceptors (Lipinski definition) is 2. The van der Waals surface area contributed by atoms with Crippen molar-refractivity contribution in [1.82, 2.24) is 4.90 Å². The Balaban J connectivity index is 2.22. The van der Waals surface area contributed by atoms with Crippen LogP contribution in [0.5, 0.6) is 5.75 Å². The van der Waals surface area contributed by atoms with Gasteiger partial charge in [-0.15, -0.1) is 6.42 Å². The number of rotatable bonds is 4. The molecule has 5 heteroatoms. The molecule has 1 aromatic carbocycles. The van der Waals surface area contributed by atoms with Gasteiger partial charge in [-0.25, -0.2) is 0 Å². The van der Waals surface area contributed by atoms with E-state index < -0.39 is 12.8 Å². The largest absolute Gasteiger partial charge is 0.484 e. The van der Waals surface area contributed by atoms with Crippen LogP contribution in [0.1, 0.15) is 12.5 Å². The first-order valence-electron chi connectivity index (χ1n) is 7.01. The molecular formula is C18H16F3NO. The molecule has 120 valence electrons. The van der Waals surface area contributed by atoms with Crippen molar-refractivity contribution in [3.63, 3.8) is 0 Å². The van der Waals surface area contributed by atoms with Crippen LogP contribution in [-0.4, -0.2) is 24.2 Å². The summed E-state index contributed by atoms with van der Waals surface area (Å²) in [7, 11) is 0. The van der Waals surface area contributed by atoms with E-state index >= 15 is 0 Å². The van der Waals surface area contributed by atoms with E-state index in [2.05, 4.69) is 12.5 Å². The zero-order valence-electron chi connectivity index (χ0n) is 12.7. The van der Waals surface area contributed by atoms with Crippen molar-refractivity contribution in [2.24, 2.45) is 0 Å². The normalized spacial score (nSPS) is 14.9. The Morgan fingerprint density at radius 2 is 1.87 bits per heavy atom. The fraction of sp³-hybridized carbons (Fsp3) is 0.222. The molecule has 0 aliphatic carbocycles. The van der Waals surface area contributed by atoms with Gasteiger partial charge < -0.3 is 9.64 Å². The van der Waals surface area contributed by atoms with E-state index in [1.54, 1.807) is 18.2 Å². The van der Waals surface area contributed by atoms with Gasteiger partial charge in [0.05, 0.1) is 0 Å². The molecule has 1 aliphatic heterocycles. The lowest BCUT2D eigenvalue weighted by atomic mass is 10.0. The average Bonchev–Trinajstić information content (AvgIpc) is 2.52. The Labute approximate surface area is 133 Å². The Morgan fingerprint density at radius 1 is 1.22 bits per heavy atom. The van der Waals surface area contributed by atoms with Gasteiger partial charge in [0.25, 0.3) is 0 Å². The molecule has 0 N–H and O–H groups in total. The van der Waals surface area contributed by atoms with Crippen LogP contribution in [0.15, 0.2) is 54.3 Å². The summed E-state index contributed by atoms with van der Waals surface area (Å²) in [5.74, 6) is 2.75. The molecule has 23 heavy (non-hydrogen) atoms. The van der Waals surface area contributed by atoms with Crippen molar-refractivity contribution >= 4 is 5.70 Å². The monoisotopic (exact) mass is 319 g/mol. The third-order valence-corrected chi connectivity index (χ3v) is 3.36. The fourth-order valence-corrected chi connectivity index (χ4v) is 2.27. The van der Waals surface area contributed by atoms with Crippen LogP contribution in [0.2, 0.25) is 0 Å². The van der Waals surface area contributed by atoms with Gasteiger partial charge in [0, 0.05) is 23.5 Å². The summed E-state index contributed by atoms with van der Waals surface area (Å²) in [5, 5.41) is 0. The van der Waals surface area contributed by atoms with Gasteiger partial charge in [0.2, 0.25) is 0 Å². The first-order chi connectivity index (χ1) is 10.9. The number of allylic oxidation sites excluding steroid dienone is 3. The van der Waals surface area contributed by atoms with Gasteiger partial charge in [0.15, 0.2) is 6.61 Å². The molecule has 0 saturated carbocycles. The highest BCUT2D eigenvalue weighted by molar-refractivity contribution is 5.72. The number of likely N-dealkylation sites (N-methyl/N-ethyl adjacent to an activating group) is 1. The minimum absolute atomic E-state index is 0.171. The molecule has 0 fully saturated rings. The van der Waals surface area contributed by atoms with Gasteiger partial charge in [0.1, 0.15) is 5.75 Å². The maximum Gasteiger partial charge on any atom is 0.422 e. The standard InChI is InChI=1S/C18H16F3NO/c1-4-14-8-11-17(22(5-2)13(14)3)15-6-9-16(10-7-15)23-12-18(19,20)21/h1,6-11H,3,5,12H2,2H3. The van der Waals surface area contributed by atoms with Crippen molar-refractivity contribution in [1.29, 1.82) is 0 Å². The molecule has 0 unspecified atom stereocenters. The molecule has 2 nitrogen and oxygen atoms in total. The predicted molar refractivity (Wildman–Crippen MR) is 84.4 cm³/mol. The third kappa shape index (κ3) is 3.98. The van der Waals surface area contributed by atoms with Crippen LogP contribution in [0.25, 0.3) is 5.70 Å². The maximum atomic E-state index is 12.1. The van der Waals surface area contributed by atoms with Gasteiger partial charge in [-0.3, -0.25) is 0 Å². The maximum absolute atomic E-state index is 12.1. The second-order valence-corrected chi connectivity index (χ2v) is 4.90. The van der Waals surface area contributed by atoms with E-state index in [9.17, 15) is 13.2 Å². The van der Waals surface area contributed by atoms with Gasteiger partial charge in [-0.2, -0.15) is 13.2 Å². The minimum atomic E-state index is -4.35. The topological polar surface area (TPSA) is 12.5 Å². The summed E-state index contributed by atoms with van der Waals surface area (Å²) in [4.78, 5) is 1.96. The van der Waals surface area contributed by atoms with Crippen molar-refractivity contribution in [3.05, 3.63) is 59.8 Å². The molecule has 1 heterocycles. The van der Waals surface area contributed by atoms with Crippen molar-refractivity contribution in [2.75, 3.05) is 13.2 Å². The van der Waals surface area contributed by atoms with E-state index in [-0.39, 0.29) is 5.75 Å². The average molecular weight is 319 g/mol. The number of hydrogen-bond donors (Lipinski definition) is 0. The SMILES string of the molecule is C#CC1=CC=C(c2ccc(OCC(F)(F)F)cc2)N(CC)C1=C. The molecule has 0 radical (unpaired) electrons. The molecule has 0 bridgehead atoms. The lowest BCUT2D eigenvalue weighted by Crippen LogP contribution is -2.23. The quantitative estimate of drug-likeness (QED) is 0.764. The first kappa shape index (κ1) is 16.8. The molecule has 0 aromatic heterocycles. The van der Waals surface area contributed by atoms with Crippen molar-refractivity contribution in [2.45, 2.75) is 13.1 Å². The first-order valence-corrected chi connectivity index (χ1v) is 7.01. The Morgan fingerprint density at radius 3 is 2.39 bits per heavy atom. The zero-order valence-corrected chi connectivity index (χ0v) is 12.7. The molecular weight excluding hydrogens is 303 g/mol. The summed E-state index contributed by atoms with van der Waals surface area (Å²) in [6, 6.07) is 6.45. The second-order valence-electron chi connectivity index (χ2n) is 4.90. The molecule has 0 spiro atoms. The highest BCUT2D eigenvalue weighted by Gasteiger charge is 2.28. The highest BCUT2D eigenvalue weighted by atomic mass is 19.4. The van der Waals surface area contributed by atoms with Gasteiger partial charge in [-0.05, 0) is 48.9 Å². The van der Waals surface area contributed by atoms with Crippen LogP contribution in [0.3, 0.4) is 0 Å². The number of benzene rings is 1. The third-order valence-electron chi connectivity index (χ3n) is 3.36. The summed E-state index contributed by atoms with van der Waals surface area (Å²) in [6.07, 6.45) is 4.77. The highest BCUT2D eigenvalue weighted by Crippen LogP contribution is 2.31. The number of nitrogens with zero attached hydrogens (tertiary/aromatic N) is 1. The molecule has 1 aliphatic rings. The van der Waals surface area contributed by atoms with Crippen molar-refractivity contribution in [3.8, 4) is 18.1 Å². The number of alkyl halides is 3. The Kier molecular flexibility index (Phi) is 4.85. The lowest BCUT2D eigenvalue weighted by Gasteiger charge is -2.31. The van der Waals surface area contributed by atoms with Crippen LogP contribution >= 0.6 is 0 Å². The molecule has 1 aromatic rings. The second kappa shape index (κ2) is 6.66. The Hall–Kier alpha value is -2.61. The van der Waals surface area contributed by atoms with E-state index in [1.165, 1.54) is 12.1 Å². The summed E-state index contributed by atoms with van der Waals surface area (Å²) in [5.41, 5.74) is 3.17. The lowest BCUT2D eigenvalue weighted by molar-refractivity contribution is -0.153. The van der Waals surface area contributed by atoms with Crippen LogP contribution in [0, 0.1) is 12.3 Å². The molecule has 0 saturated heterocycles. The molecule has 2 rings (SSSR count). The Bertz CT molecular complexity index is 690. The van der Waals surface area contributed by atoms with E-state index in [0.29, 0.717) is 12.1 Å². The predicted octanol–water partition coefficient (Wildman–Crippen LogP) is 4.38. The zero-order chi connectivity index (χ0) is 17.0. The van der Waals surface area contributed by atoms with E-state index in [1.807, 2.05) is 17.9 Å². The van der Waals surface area contributed by atoms with Crippen LogP contribution < -0.4 is 4.74 Å². The number of ether oxygens (including phenoxy) is 1. The minimum Gasteiger partial charge on any atom is -0.484 e. The molecule has 0 amide bonds. The number of terminal acetylenes is 1. The number of halogens is 3. The fourth-order valence-electron chi connectivity index (χ4n) is 2.27. The van der Waals surface area contributed by atoms with E-state index in [4.69, 9.17) is 11.2 Å². The van der Waals surface area contributed by atoms with Gasteiger partial charge in [-0.1, -0.05) is 12.5 Å². The van der Waals surface area contributed by atoms with Gasteiger partial charge >= 0.3 is 6.18 Å². The van der Waals surface area contributed by atoms with Crippen LogP contribution in [0.4, 0.5) is 13.2 Å². The summed E-state index contributed by atoms with van der Waals surface area (Å²) >= 11 is 0. The molecule has 0 atom stereocenters. The van der Waals surface area contributed by atoms with E-state index in [0.717, 1.165) is 17.0 Å². The summed E-state index contributed by atoms with van der Waals surface area (Å²) in [6.45, 7) is 5.34. The van der Waals surface area contributed by atoms with Crippen LogP contribution in [-0.2, 0) is 0 Å². The van der Waals surface area contributed by atoms with Crippen molar-refractivity contribution < 1.29 is 17.9 Å². The summed E-state index contributed by atoms with van der Waals surface area (Å²) < 4.78 is 41.2.